The minimum Gasteiger partial charge on any atom is -0.481 e. The molecule has 0 saturated carbocycles. The summed E-state index contributed by atoms with van der Waals surface area (Å²) in [5.74, 6) is -13.6. The number of H-pyrrole nitrogens is 1. The molecule has 8 atom stereocenters. The molecule has 2 aromatic carbocycles. The number of hydrogen-bond donors (Lipinski definition) is 12. The molecule has 1 aliphatic rings. The lowest BCUT2D eigenvalue weighted by Gasteiger charge is -2.31. The van der Waals surface area contributed by atoms with Crippen LogP contribution in [-0.2, 0) is 65.6 Å². The fourth-order valence-corrected chi connectivity index (χ4v) is 8.32. The largest absolute Gasteiger partial charge is 0.481 e. The average Bonchev–Trinajstić information content (AvgIpc) is 3.98. The molecule has 1 aromatic heterocycles. The summed E-state index contributed by atoms with van der Waals surface area (Å²) in [6.45, 7) is 6.27. The zero-order valence-corrected chi connectivity index (χ0v) is 40.9. The zero-order valence-electron chi connectivity index (χ0n) is 40.9. The van der Waals surface area contributed by atoms with E-state index in [4.69, 9.17) is 5.73 Å². The van der Waals surface area contributed by atoms with Crippen LogP contribution in [0.5, 0.6) is 0 Å². The Morgan fingerprint density at radius 2 is 1.21 bits per heavy atom. The number of carbonyl (C=O) groups is 11. The number of nitrogens with two attached hydrogens (primary N) is 1. The highest BCUT2D eigenvalue weighted by atomic mass is 16.4. The van der Waals surface area contributed by atoms with Crippen molar-refractivity contribution >= 4 is 76.1 Å². The van der Waals surface area contributed by atoms with E-state index < -0.39 is 145 Å². The number of benzene rings is 2. The number of carboxylic acids is 4. The molecule has 13 N–H and O–H groups in total. The zero-order chi connectivity index (χ0) is 54.1. The highest BCUT2D eigenvalue weighted by Crippen LogP contribution is 2.22. The molecule has 73 heavy (non-hydrogen) atoms. The van der Waals surface area contributed by atoms with E-state index in [-0.39, 0.29) is 44.6 Å². The smallest absolute Gasteiger partial charge is 0.326 e. The molecule has 3 aromatic rings. The number of carboxylic acid groups (broad SMARTS) is 4. The Kier molecular flexibility index (Phi) is 21.4. The molecular weight excluding hydrogens is 955 g/mol. The van der Waals surface area contributed by atoms with Crippen LogP contribution in [0.2, 0.25) is 0 Å². The van der Waals surface area contributed by atoms with Gasteiger partial charge in [0.25, 0.3) is 0 Å². The molecule has 1 saturated heterocycles. The maximum absolute atomic E-state index is 14.2. The second kappa shape index (κ2) is 27.1. The number of nitrogens with one attached hydrogen (secondary N) is 7. The molecular formula is C49H65N9O15. The van der Waals surface area contributed by atoms with Crippen molar-refractivity contribution in [2.75, 3.05) is 6.54 Å². The number of nitrogens with zero attached hydrogens (tertiary/aromatic N) is 1. The molecule has 1 fully saturated rings. The van der Waals surface area contributed by atoms with Gasteiger partial charge in [0.2, 0.25) is 41.4 Å². The van der Waals surface area contributed by atoms with Gasteiger partial charge in [0.1, 0.15) is 42.3 Å². The van der Waals surface area contributed by atoms with Crippen molar-refractivity contribution in [3.8, 4) is 0 Å². The molecule has 396 valence electrons. The summed E-state index contributed by atoms with van der Waals surface area (Å²) < 4.78 is 0. The van der Waals surface area contributed by atoms with Crippen LogP contribution in [0.25, 0.3) is 10.9 Å². The minimum atomic E-state index is -1.85. The number of rotatable bonds is 28. The number of likely N-dealkylation sites (tertiary alicyclic amines) is 1. The standard InChI is InChI=1S/C49H65N9O15/c1-25(2)19-33(44(67)56-36(23-40(63)64)48(71)58-18-10-15-37(58)47(70)52-32(16-17-38(59)60)43(66)57-41(26(3)4)49(72)73)54-46(69)35(22-39(61)62)55-45(68)34(21-28-24-51-31-14-9-8-13-29(28)31)53-42(65)30(50)20-27-11-6-5-7-12-27/h5-9,11-14,24-26,30,32-37,41,51H,10,15-23,50H2,1-4H3,(H,52,70)(H,53,65)(H,54,69)(H,55,68)(H,56,67)(H,57,66)(H,59,60)(H,61,62)(H,63,64)(H,72,73)/t30-,32-,33-,34-,35-,36-,37-,41-/m0/s1. The minimum absolute atomic E-state index is 0.00213. The normalized spacial score (nSPS) is 16.2. The molecule has 2 heterocycles. The Morgan fingerprint density at radius 1 is 0.644 bits per heavy atom. The number of aromatic nitrogens is 1. The van der Waals surface area contributed by atoms with E-state index in [1.54, 1.807) is 74.6 Å². The molecule has 0 spiro atoms. The van der Waals surface area contributed by atoms with Crippen LogP contribution >= 0.6 is 0 Å². The number of fused-ring (bicyclic) bond motifs is 1. The molecule has 0 aliphatic carbocycles. The highest BCUT2D eigenvalue weighted by molar-refractivity contribution is 5.99. The molecule has 1 aliphatic heterocycles. The first kappa shape index (κ1) is 57.7. The van der Waals surface area contributed by atoms with Gasteiger partial charge in [-0.2, -0.15) is 0 Å². The lowest BCUT2D eigenvalue weighted by atomic mass is 10.0. The van der Waals surface area contributed by atoms with Crippen molar-refractivity contribution < 1.29 is 73.2 Å². The number of hydrogen-bond acceptors (Lipinski definition) is 12. The predicted octanol–water partition coefficient (Wildman–Crippen LogP) is -0.219. The van der Waals surface area contributed by atoms with Crippen LogP contribution in [0.3, 0.4) is 0 Å². The van der Waals surface area contributed by atoms with Crippen molar-refractivity contribution in [2.24, 2.45) is 17.6 Å². The SMILES string of the molecule is CC(C)C[C@H](NC(=O)[C@H](CC(=O)O)NC(=O)[C@H](Cc1c[nH]c2ccccc12)NC(=O)[C@@H](N)Cc1ccccc1)C(=O)N[C@@H](CC(=O)O)C(=O)N1CCC[C@H]1C(=O)N[C@@H](CCC(=O)O)C(=O)N[C@H](C(=O)O)C(C)C. The highest BCUT2D eigenvalue weighted by Gasteiger charge is 2.41. The van der Waals surface area contributed by atoms with Crippen LogP contribution < -0.4 is 37.6 Å². The molecule has 0 bridgehead atoms. The van der Waals surface area contributed by atoms with Gasteiger partial charge in [-0.3, -0.25) is 47.9 Å². The maximum atomic E-state index is 14.2. The first-order chi connectivity index (χ1) is 34.4. The van der Waals surface area contributed by atoms with Gasteiger partial charge in [-0.1, -0.05) is 76.2 Å². The van der Waals surface area contributed by atoms with Crippen molar-refractivity contribution in [3.63, 3.8) is 0 Å². The van der Waals surface area contributed by atoms with E-state index in [2.05, 4.69) is 36.9 Å². The third kappa shape index (κ3) is 17.4. The average molecular weight is 1020 g/mol. The molecule has 0 unspecified atom stereocenters. The lowest BCUT2D eigenvalue weighted by molar-refractivity contribution is -0.147. The second-order valence-electron chi connectivity index (χ2n) is 18.7. The first-order valence-corrected chi connectivity index (χ1v) is 23.8. The van der Waals surface area contributed by atoms with Gasteiger partial charge in [-0.05, 0) is 61.1 Å². The predicted molar refractivity (Wildman–Crippen MR) is 260 cm³/mol. The molecule has 7 amide bonds. The van der Waals surface area contributed by atoms with Gasteiger partial charge in [0, 0.05) is 36.5 Å². The summed E-state index contributed by atoms with van der Waals surface area (Å²) >= 11 is 0. The van der Waals surface area contributed by atoms with E-state index in [0.717, 1.165) is 16.0 Å². The number of para-hydroxylation sites is 1. The van der Waals surface area contributed by atoms with E-state index in [1.807, 2.05) is 0 Å². The number of aliphatic carboxylic acids is 4. The van der Waals surface area contributed by atoms with E-state index in [0.29, 0.717) is 10.9 Å². The first-order valence-electron chi connectivity index (χ1n) is 23.8. The van der Waals surface area contributed by atoms with Crippen molar-refractivity contribution in [3.05, 3.63) is 71.9 Å². The Hall–Kier alpha value is -7.89. The summed E-state index contributed by atoms with van der Waals surface area (Å²) in [5.41, 5.74) is 8.31. The second-order valence-corrected chi connectivity index (χ2v) is 18.7. The van der Waals surface area contributed by atoms with Crippen molar-refractivity contribution in [1.29, 1.82) is 0 Å². The summed E-state index contributed by atoms with van der Waals surface area (Å²) in [7, 11) is 0. The monoisotopic (exact) mass is 1020 g/mol. The fraction of sp³-hybridized carbons (Fsp3) is 0.490. The van der Waals surface area contributed by atoms with Gasteiger partial charge < -0.3 is 67.9 Å². The third-order valence-corrected chi connectivity index (χ3v) is 12.1. The van der Waals surface area contributed by atoms with E-state index in [9.17, 15) is 73.2 Å². The van der Waals surface area contributed by atoms with Gasteiger partial charge >= 0.3 is 23.9 Å². The summed E-state index contributed by atoms with van der Waals surface area (Å²) in [4.78, 5) is 149. The van der Waals surface area contributed by atoms with Gasteiger partial charge in [0.05, 0.1) is 18.9 Å². The van der Waals surface area contributed by atoms with Crippen LogP contribution in [-0.4, -0.2) is 150 Å². The van der Waals surface area contributed by atoms with Crippen molar-refractivity contribution in [1.82, 2.24) is 41.8 Å². The third-order valence-electron chi connectivity index (χ3n) is 12.1. The van der Waals surface area contributed by atoms with Crippen LogP contribution in [0.15, 0.2) is 60.8 Å². The van der Waals surface area contributed by atoms with Crippen LogP contribution in [0.1, 0.15) is 83.8 Å². The van der Waals surface area contributed by atoms with Gasteiger partial charge in [0.15, 0.2) is 0 Å². The summed E-state index contributed by atoms with van der Waals surface area (Å²) in [6.07, 6.45) is -1.41. The fourth-order valence-electron chi connectivity index (χ4n) is 8.32. The van der Waals surface area contributed by atoms with Crippen LogP contribution in [0.4, 0.5) is 0 Å². The van der Waals surface area contributed by atoms with Crippen LogP contribution in [0, 0.1) is 11.8 Å². The van der Waals surface area contributed by atoms with Gasteiger partial charge in [-0.15, -0.1) is 0 Å². The Labute approximate surface area is 419 Å². The summed E-state index contributed by atoms with van der Waals surface area (Å²) in [5, 5.41) is 53.9. The number of amides is 7. The van der Waals surface area contributed by atoms with E-state index in [1.165, 1.54) is 13.8 Å². The Bertz CT molecular complexity index is 2500. The molecule has 4 rings (SSSR count). The maximum Gasteiger partial charge on any atom is 0.326 e. The summed E-state index contributed by atoms with van der Waals surface area (Å²) in [6, 6.07) is 3.91. The lowest BCUT2D eigenvalue weighted by Crippen LogP contribution is -2.60. The number of carbonyl (C=O) groups excluding carboxylic acids is 7. The number of aromatic amines is 1. The quantitative estimate of drug-likeness (QED) is 0.0447. The van der Waals surface area contributed by atoms with Crippen molar-refractivity contribution in [2.45, 2.75) is 134 Å². The molecule has 24 heteroatoms. The van der Waals surface area contributed by atoms with Gasteiger partial charge in [-0.25, -0.2) is 4.79 Å². The Morgan fingerprint density at radius 3 is 1.82 bits per heavy atom. The topological polar surface area (TPSA) is 386 Å². The Balaban J connectivity index is 1.55. The molecule has 0 radical (unpaired) electrons. The molecule has 24 nitrogen and oxygen atoms in total. The van der Waals surface area contributed by atoms with E-state index >= 15 is 0 Å².